The maximum Gasteiger partial charge on any atom is 0.236 e. The number of nitrogens with zero attached hydrogens (tertiary/aromatic N) is 4. The molecule has 0 bridgehead atoms. The number of amides is 1. The highest BCUT2D eigenvalue weighted by Gasteiger charge is 2.23. The van der Waals surface area contributed by atoms with Crippen LogP contribution in [0.2, 0.25) is 0 Å². The molecule has 5 nitrogen and oxygen atoms in total. The second kappa shape index (κ2) is 7.23. The van der Waals surface area contributed by atoms with Crippen molar-refractivity contribution in [1.82, 2.24) is 14.7 Å². The Morgan fingerprint density at radius 1 is 1.14 bits per heavy atom. The zero-order chi connectivity index (χ0) is 15.4. The topological polar surface area (TPSA) is 50.6 Å². The number of hydrogen-bond donors (Lipinski definition) is 0. The van der Waals surface area contributed by atoms with Gasteiger partial charge in [-0.2, -0.15) is 5.26 Å². The van der Waals surface area contributed by atoms with Crippen molar-refractivity contribution in [1.29, 1.82) is 5.26 Å². The molecule has 2 saturated heterocycles. The molecule has 0 unspecified atom stereocenters. The zero-order valence-corrected chi connectivity index (χ0v) is 13.6. The number of hydrogen-bond acceptors (Lipinski definition) is 5. The first-order valence-corrected chi connectivity index (χ1v) is 8.82. The van der Waals surface area contributed by atoms with Crippen molar-refractivity contribution < 1.29 is 4.79 Å². The van der Waals surface area contributed by atoms with Gasteiger partial charge in [0.2, 0.25) is 5.91 Å². The third-order valence-electron chi connectivity index (χ3n) is 4.44. The van der Waals surface area contributed by atoms with Crippen LogP contribution in [0.25, 0.3) is 0 Å². The van der Waals surface area contributed by atoms with E-state index in [1.807, 2.05) is 16.3 Å². The zero-order valence-electron chi connectivity index (χ0n) is 12.8. The van der Waals surface area contributed by atoms with E-state index in [1.165, 1.54) is 17.7 Å². The second-order valence-corrected chi connectivity index (χ2v) is 7.05. The van der Waals surface area contributed by atoms with Gasteiger partial charge in [-0.25, -0.2) is 0 Å². The van der Waals surface area contributed by atoms with Crippen molar-refractivity contribution in [3.63, 3.8) is 0 Å². The minimum atomic E-state index is 0.282. The normalized spacial score (nSPS) is 20.2. The first kappa shape index (κ1) is 15.5. The predicted octanol–water partition coefficient (Wildman–Crippen LogP) is 1.36. The molecule has 0 aromatic carbocycles. The van der Waals surface area contributed by atoms with Gasteiger partial charge in [0.1, 0.15) is 6.07 Å². The quantitative estimate of drug-likeness (QED) is 0.841. The van der Waals surface area contributed by atoms with E-state index < -0.39 is 0 Å². The fourth-order valence-electron chi connectivity index (χ4n) is 3.13. The number of rotatable bonds is 4. The highest BCUT2D eigenvalue weighted by Crippen LogP contribution is 2.17. The van der Waals surface area contributed by atoms with E-state index in [0.717, 1.165) is 51.4 Å². The average Bonchev–Trinajstić information content (AvgIpc) is 3.19. The smallest absolute Gasteiger partial charge is 0.236 e. The van der Waals surface area contributed by atoms with E-state index in [9.17, 15) is 4.79 Å². The molecule has 6 heteroatoms. The van der Waals surface area contributed by atoms with Crippen LogP contribution in [0.5, 0.6) is 0 Å². The van der Waals surface area contributed by atoms with Crippen molar-refractivity contribution in [3.8, 4) is 6.07 Å². The fraction of sp³-hybridized carbons (Fsp3) is 0.625. The third kappa shape index (κ3) is 3.86. The Balaban J connectivity index is 1.43. The van der Waals surface area contributed by atoms with Gasteiger partial charge in [-0.3, -0.25) is 14.6 Å². The molecule has 2 aliphatic heterocycles. The summed E-state index contributed by atoms with van der Waals surface area (Å²) < 4.78 is 0. The Kier molecular flexibility index (Phi) is 5.08. The van der Waals surface area contributed by atoms with Crippen LogP contribution in [0.1, 0.15) is 23.3 Å². The predicted molar refractivity (Wildman–Crippen MR) is 86.6 cm³/mol. The minimum absolute atomic E-state index is 0.282. The van der Waals surface area contributed by atoms with Gasteiger partial charge in [-0.05, 0) is 32.0 Å². The van der Waals surface area contributed by atoms with Gasteiger partial charge in [-0.15, -0.1) is 11.3 Å². The summed E-state index contributed by atoms with van der Waals surface area (Å²) in [6.07, 6.45) is 2.46. The van der Waals surface area contributed by atoms with Crippen LogP contribution in [0.3, 0.4) is 0 Å². The fourth-order valence-corrected chi connectivity index (χ4v) is 3.98. The molecule has 1 amide bonds. The lowest BCUT2D eigenvalue weighted by Crippen LogP contribution is -2.50. The van der Waals surface area contributed by atoms with Crippen LogP contribution in [-0.2, 0) is 11.3 Å². The van der Waals surface area contributed by atoms with Gasteiger partial charge < -0.3 is 4.90 Å². The number of thiophene rings is 1. The number of carbonyl (C=O) groups excluding carboxylic acids is 1. The highest BCUT2D eigenvalue weighted by atomic mass is 32.1. The van der Waals surface area contributed by atoms with E-state index in [-0.39, 0.29) is 5.91 Å². The minimum Gasteiger partial charge on any atom is -0.339 e. The molecule has 1 aromatic rings. The van der Waals surface area contributed by atoms with E-state index in [2.05, 4.69) is 15.9 Å². The Labute approximate surface area is 135 Å². The van der Waals surface area contributed by atoms with E-state index in [0.29, 0.717) is 6.54 Å². The molecule has 0 spiro atoms. The molecule has 1 aromatic heterocycles. The average molecular weight is 318 g/mol. The summed E-state index contributed by atoms with van der Waals surface area (Å²) >= 11 is 1.64. The maximum atomic E-state index is 12.3. The first-order valence-electron chi connectivity index (χ1n) is 7.94. The summed E-state index contributed by atoms with van der Waals surface area (Å²) in [6, 6.07) is 4.14. The van der Waals surface area contributed by atoms with E-state index in [1.54, 1.807) is 11.3 Å². The lowest BCUT2D eigenvalue weighted by atomic mass is 10.2. The summed E-state index contributed by atoms with van der Waals surface area (Å²) in [6.45, 7) is 7.12. The molecular weight excluding hydrogens is 296 g/mol. The molecule has 0 saturated carbocycles. The van der Waals surface area contributed by atoms with Gasteiger partial charge in [0, 0.05) is 43.0 Å². The van der Waals surface area contributed by atoms with Crippen molar-refractivity contribution in [2.75, 3.05) is 45.8 Å². The largest absolute Gasteiger partial charge is 0.339 e. The summed E-state index contributed by atoms with van der Waals surface area (Å²) in [5, 5.41) is 10.8. The monoisotopic (exact) mass is 318 g/mol. The molecule has 0 N–H and O–H groups in total. The standard InChI is InChI=1S/C16H22N4OS/c17-10-14-9-15(22-13-14)11-19-5-7-20(8-6-19)16(21)12-18-3-1-2-4-18/h9,13H,1-8,11-12H2. The second-order valence-electron chi connectivity index (χ2n) is 6.05. The van der Waals surface area contributed by atoms with Crippen molar-refractivity contribution >= 4 is 17.2 Å². The Morgan fingerprint density at radius 2 is 1.86 bits per heavy atom. The first-order chi connectivity index (χ1) is 10.7. The van der Waals surface area contributed by atoms with Gasteiger partial charge in [0.15, 0.2) is 0 Å². The lowest BCUT2D eigenvalue weighted by Gasteiger charge is -2.35. The molecule has 118 valence electrons. The molecule has 3 rings (SSSR count). The van der Waals surface area contributed by atoms with Crippen LogP contribution in [0.15, 0.2) is 11.4 Å². The highest BCUT2D eigenvalue weighted by molar-refractivity contribution is 7.10. The SMILES string of the molecule is N#Cc1csc(CN2CCN(C(=O)CN3CCCC3)CC2)c1. The molecule has 2 aliphatic rings. The third-order valence-corrected chi connectivity index (χ3v) is 5.37. The van der Waals surface area contributed by atoms with Crippen molar-refractivity contribution in [2.24, 2.45) is 0 Å². The van der Waals surface area contributed by atoms with Crippen LogP contribution < -0.4 is 0 Å². The molecule has 0 atom stereocenters. The molecule has 2 fully saturated rings. The molecule has 0 aliphatic carbocycles. The summed E-state index contributed by atoms with van der Waals surface area (Å²) in [5.74, 6) is 0.282. The Morgan fingerprint density at radius 3 is 2.50 bits per heavy atom. The summed E-state index contributed by atoms with van der Waals surface area (Å²) in [7, 11) is 0. The van der Waals surface area contributed by atoms with Gasteiger partial charge in [-0.1, -0.05) is 0 Å². The van der Waals surface area contributed by atoms with Gasteiger partial charge >= 0.3 is 0 Å². The van der Waals surface area contributed by atoms with Gasteiger partial charge in [0.05, 0.1) is 12.1 Å². The molecule has 3 heterocycles. The lowest BCUT2D eigenvalue weighted by molar-refractivity contribution is -0.134. The van der Waals surface area contributed by atoms with E-state index in [4.69, 9.17) is 5.26 Å². The van der Waals surface area contributed by atoms with Gasteiger partial charge in [0.25, 0.3) is 0 Å². The Hall–Kier alpha value is -1.42. The molecule has 22 heavy (non-hydrogen) atoms. The van der Waals surface area contributed by atoms with Crippen LogP contribution in [0.4, 0.5) is 0 Å². The number of nitriles is 1. The van der Waals surface area contributed by atoms with Crippen molar-refractivity contribution in [2.45, 2.75) is 19.4 Å². The Bertz CT molecular complexity index is 551. The van der Waals surface area contributed by atoms with Crippen LogP contribution in [0, 0.1) is 11.3 Å². The summed E-state index contributed by atoms with van der Waals surface area (Å²) in [4.78, 5) is 20.2. The maximum absolute atomic E-state index is 12.3. The molecular formula is C16H22N4OS. The number of likely N-dealkylation sites (tertiary alicyclic amines) is 1. The number of piperazine rings is 1. The summed E-state index contributed by atoms with van der Waals surface area (Å²) in [5.41, 5.74) is 0.749. The van der Waals surface area contributed by atoms with Crippen LogP contribution >= 0.6 is 11.3 Å². The number of carbonyl (C=O) groups is 1. The molecule has 0 radical (unpaired) electrons. The van der Waals surface area contributed by atoms with E-state index >= 15 is 0 Å². The van der Waals surface area contributed by atoms with Crippen LogP contribution in [-0.4, -0.2) is 66.4 Å². The van der Waals surface area contributed by atoms with Crippen molar-refractivity contribution in [3.05, 3.63) is 21.9 Å².